The van der Waals surface area contributed by atoms with Crippen LogP contribution in [0.5, 0.6) is 0 Å². The van der Waals surface area contributed by atoms with E-state index < -0.39 is 0 Å². The number of likely N-dealkylation sites (N-methyl/N-ethyl adjacent to an activating group) is 1. The van der Waals surface area contributed by atoms with E-state index in [4.69, 9.17) is 0 Å². The molecule has 4 nitrogen and oxygen atoms in total. The molecule has 76 valence electrons. The largest absolute Gasteiger partial charge is 0.355 e. The molecule has 0 saturated carbocycles. The summed E-state index contributed by atoms with van der Waals surface area (Å²) in [5.74, 6) is 0.873. The lowest BCUT2D eigenvalue weighted by molar-refractivity contribution is 0.779. The minimum Gasteiger partial charge on any atom is -0.355 e. The van der Waals surface area contributed by atoms with Gasteiger partial charge in [0.1, 0.15) is 5.82 Å². The van der Waals surface area contributed by atoms with Crippen LogP contribution in [-0.4, -0.2) is 30.6 Å². The van der Waals surface area contributed by atoms with Gasteiger partial charge >= 0.3 is 0 Å². The zero-order valence-electron chi connectivity index (χ0n) is 8.70. The molecule has 0 unspecified atom stereocenters. The summed E-state index contributed by atoms with van der Waals surface area (Å²) in [5.41, 5.74) is 0.945. The molecule has 0 spiro atoms. The first-order valence-electron chi connectivity index (χ1n) is 4.55. The zero-order valence-corrected chi connectivity index (χ0v) is 8.70. The normalized spacial score (nSPS) is 9.86. The third kappa shape index (κ3) is 2.81. The number of anilines is 1. The van der Waals surface area contributed by atoms with Crippen molar-refractivity contribution in [2.45, 2.75) is 6.54 Å². The topological polar surface area (TPSA) is 41.1 Å². The zero-order chi connectivity index (χ0) is 10.4. The molecule has 1 aromatic heterocycles. The fraction of sp³-hybridized carbons (Fsp3) is 0.400. The Bertz CT molecular complexity index is 298. The highest BCUT2D eigenvalue weighted by molar-refractivity contribution is 5.35. The minimum atomic E-state index is 0.739. The summed E-state index contributed by atoms with van der Waals surface area (Å²) in [5, 5.41) is 3.04. The van der Waals surface area contributed by atoms with Crippen molar-refractivity contribution in [3.8, 4) is 0 Å². The van der Waals surface area contributed by atoms with Crippen LogP contribution >= 0.6 is 0 Å². The van der Waals surface area contributed by atoms with E-state index in [0.29, 0.717) is 0 Å². The maximum Gasteiger partial charge on any atom is 0.147 e. The molecule has 0 aliphatic rings. The quantitative estimate of drug-likeness (QED) is 0.701. The second-order valence-electron chi connectivity index (χ2n) is 3.07. The van der Waals surface area contributed by atoms with Gasteiger partial charge in [0.25, 0.3) is 0 Å². The van der Waals surface area contributed by atoms with E-state index >= 15 is 0 Å². The molecule has 1 aromatic rings. The van der Waals surface area contributed by atoms with E-state index in [1.54, 1.807) is 12.4 Å². The molecule has 0 atom stereocenters. The van der Waals surface area contributed by atoms with Crippen LogP contribution in [0, 0.1) is 0 Å². The summed E-state index contributed by atoms with van der Waals surface area (Å²) < 4.78 is 0. The van der Waals surface area contributed by atoms with Gasteiger partial charge in [0.05, 0.1) is 11.9 Å². The first-order chi connectivity index (χ1) is 6.77. The van der Waals surface area contributed by atoms with Gasteiger partial charge in [0, 0.05) is 26.3 Å². The molecule has 0 saturated heterocycles. The lowest BCUT2D eigenvalue weighted by Gasteiger charge is -2.15. The third-order valence-corrected chi connectivity index (χ3v) is 1.82. The molecular weight excluding hydrogens is 176 g/mol. The minimum absolute atomic E-state index is 0.739. The van der Waals surface area contributed by atoms with Crippen LogP contribution in [-0.2, 0) is 6.54 Å². The van der Waals surface area contributed by atoms with Crippen molar-refractivity contribution >= 4 is 5.82 Å². The molecule has 0 aliphatic heterocycles. The molecule has 1 N–H and O–H groups in total. The third-order valence-electron chi connectivity index (χ3n) is 1.82. The lowest BCUT2D eigenvalue weighted by Crippen LogP contribution is -2.19. The molecule has 0 fully saturated rings. The van der Waals surface area contributed by atoms with Crippen molar-refractivity contribution in [1.82, 2.24) is 15.3 Å². The smallest absolute Gasteiger partial charge is 0.147 e. The van der Waals surface area contributed by atoms with E-state index in [-0.39, 0.29) is 0 Å². The van der Waals surface area contributed by atoms with Crippen molar-refractivity contribution in [2.75, 3.05) is 25.5 Å². The second kappa shape index (κ2) is 5.34. The number of nitrogens with one attached hydrogen (secondary N) is 1. The highest BCUT2D eigenvalue weighted by Crippen LogP contribution is 2.06. The molecule has 0 aliphatic carbocycles. The van der Waals surface area contributed by atoms with Crippen LogP contribution in [0.1, 0.15) is 5.69 Å². The Hall–Kier alpha value is -1.42. The molecular formula is C10H16N4. The Morgan fingerprint density at radius 3 is 3.00 bits per heavy atom. The van der Waals surface area contributed by atoms with Gasteiger partial charge in [0.15, 0.2) is 0 Å². The monoisotopic (exact) mass is 192 g/mol. The predicted octanol–water partition coefficient (Wildman–Crippen LogP) is 0.818. The van der Waals surface area contributed by atoms with Crippen molar-refractivity contribution in [2.24, 2.45) is 0 Å². The molecule has 4 heteroatoms. The van der Waals surface area contributed by atoms with Crippen molar-refractivity contribution in [1.29, 1.82) is 0 Å². The summed E-state index contributed by atoms with van der Waals surface area (Å²) in [7, 11) is 3.86. The average molecular weight is 192 g/mol. The van der Waals surface area contributed by atoms with E-state index in [2.05, 4.69) is 21.9 Å². The molecule has 1 rings (SSSR count). The van der Waals surface area contributed by atoms with Gasteiger partial charge in [0.2, 0.25) is 0 Å². The van der Waals surface area contributed by atoms with Crippen molar-refractivity contribution < 1.29 is 0 Å². The van der Waals surface area contributed by atoms with Crippen LogP contribution < -0.4 is 10.2 Å². The maximum atomic E-state index is 4.43. The van der Waals surface area contributed by atoms with Gasteiger partial charge in [-0.25, -0.2) is 4.98 Å². The standard InChI is InChI=1S/C10H16N4/c1-4-5-14(3)10-8-12-7-9(13-10)6-11-2/h4,7-8,11H,1,5-6H2,2-3H3. The van der Waals surface area contributed by atoms with Crippen LogP contribution in [0.3, 0.4) is 0 Å². The Balaban J connectivity index is 2.76. The maximum absolute atomic E-state index is 4.43. The SMILES string of the molecule is C=CCN(C)c1cncc(CNC)n1. The summed E-state index contributed by atoms with van der Waals surface area (Å²) in [6.45, 7) is 5.20. The van der Waals surface area contributed by atoms with E-state index in [1.807, 2.05) is 25.1 Å². The molecule has 0 radical (unpaired) electrons. The number of aromatic nitrogens is 2. The van der Waals surface area contributed by atoms with Gasteiger partial charge in [-0.2, -0.15) is 0 Å². The first-order valence-corrected chi connectivity index (χ1v) is 4.55. The molecule has 0 amide bonds. The van der Waals surface area contributed by atoms with Gasteiger partial charge in [-0.15, -0.1) is 6.58 Å². The summed E-state index contributed by atoms with van der Waals surface area (Å²) in [6.07, 6.45) is 5.36. The van der Waals surface area contributed by atoms with Crippen molar-refractivity contribution in [3.05, 3.63) is 30.7 Å². The lowest BCUT2D eigenvalue weighted by atomic mass is 10.4. The average Bonchev–Trinajstić information content (AvgIpc) is 2.19. The summed E-state index contributed by atoms with van der Waals surface area (Å²) >= 11 is 0. The van der Waals surface area contributed by atoms with Crippen molar-refractivity contribution in [3.63, 3.8) is 0 Å². The van der Waals surface area contributed by atoms with E-state index in [9.17, 15) is 0 Å². The highest BCUT2D eigenvalue weighted by Gasteiger charge is 2.01. The van der Waals surface area contributed by atoms with Crippen LogP contribution in [0.25, 0.3) is 0 Å². The molecule has 14 heavy (non-hydrogen) atoms. The van der Waals surface area contributed by atoms with Gasteiger partial charge < -0.3 is 10.2 Å². The number of hydrogen-bond acceptors (Lipinski definition) is 4. The van der Waals surface area contributed by atoms with E-state index in [0.717, 1.165) is 24.6 Å². The molecule has 1 heterocycles. The number of rotatable bonds is 5. The Labute approximate surface area is 84.7 Å². The van der Waals surface area contributed by atoms with Crippen LogP contribution in [0.15, 0.2) is 25.0 Å². The summed E-state index contributed by atoms with van der Waals surface area (Å²) in [6, 6.07) is 0. The fourth-order valence-corrected chi connectivity index (χ4v) is 1.13. The van der Waals surface area contributed by atoms with Gasteiger partial charge in [-0.1, -0.05) is 6.08 Å². The Kier molecular flexibility index (Phi) is 4.07. The number of nitrogens with zero attached hydrogens (tertiary/aromatic N) is 3. The van der Waals surface area contributed by atoms with Gasteiger partial charge in [-0.3, -0.25) is 4.98 Å². The van der Waals surface area contributed by atoms with Crippen LogP contribution in [0.2, 0.25) is 0 Å². The first kappa shape index (κ1) is 10.7. The number of hydrogen-bond donors (Lipinski definition) is 1. The Morgan fingerprint density at radius 1 is 1.57 bits per heavy atom. The van der Waals surface area contributed by atoms with Crippen LogP contribution in [0.4, 0.5) is 5.82 Å². The molecule has 0 bridgehead atoms. The summed E-state index contributed by atoms with van der Waals surface area (Å²) in [4.78, 5) is 10.6. The van der Waals surface area contributed by atoms with Gasteiger partial charge in [-0.05, 0) is 7.05 Å². The second-order valence-corrected chi connectivity index (χ2v) is 3.07. The molecule has 0 aromatic carbocycles. The Morgan fingerprint density at radius 2 is 2.36 bits per heavy atom. The highest BCUT2D eigenvalue weighted by atomic mass is 15.2. The van der Waals surface area contributed by atoms with E-state index in [1.165, 1.54) is 0 Å². The predicted molar refractivity (Wildman–Crippen MR) is 58.3 cm³/mol. The fourth-order valence-electron chi connectivity index (χ4n) is 1.13.